The van der Waals surface area contributed by atoms with E-state index < -0.39 is 0 Å². The lowest BCUT2D eigenvalue weighted by molar-refractivity contribution is 0.141. The second-order valence-electron chi connectivity index (χ2n) is 4.65. The summed E-state index contributed by atoms with van der Waals surface area (Å²) in [4.78, 5) is 0. The Morgan fingerprint density at radius 1 is 1.17 bits per heavy atom. The van der Waals surface area contributed by atoms with E-state index in [4.69, 9.17) is 4.74 Å². The molecule has 102 valence electrons. The minimum absolute atomic E-state index is 0.609. The van der Waals surface area contributed by atoms with Crippen LogP contribution in [0.4, 0.5) is 0 Å². The number of hydrogen-bond donors (Lipinski definition) is 1. The van der Waals surface area contributed by atoms with Crippen LogP contribution in [0.3, 0.4) is 0 Å². The first kappa shape index (κ1) is 15.2. The van der Waals surface area contributed by atoms with Crippen LogP contribution >= 0.6 is 0 Å². The Kier molecular flexibility index (Phi) is 8.53. The van der Waals surface area contributed by atoms with Crippen LogP contribution in [0, 0.1) is 0 Å². The molecule has 0 aliphatic heterocycles. The van der Waals surface area contributed by atoms with Crippen molar-refractivity contribution >= 4 is 0 Å². The van der Waals surface area contributed by atoms with Crippen LogP contribution in [-0.2, 0) is 4.74 Å². The van der Waals surface area contributed by atoms with E-state index in [1.54, 1.807) is 0 Å². The number of ether oxygens (including phenoxy) is 1. The van der Waals surface area contributed by atoms with Gasteiger partial charge in [0, 0.05) is 19.8 Å². The highest BCUT2D eigenvalue weighted by molar-refractivity contribution is 5.19. The molecule has 0 aromatic heterocycles. The quantitative estimate of drug-likeness (QED) is 0.640. The largest absolute Gasteiger partial charge is 0.382 e. The third-order valence-corrected chi connectivity index (χ3v) is 3.13. The van der Waals surface area contributed by atoms with Crippen molar-refractivity contribution in [3.63, 3.8) is 0 Å². The van der Waals surface area contributed by atoms with Gasteiger partial charge in [-0.05, 0) is 44.2 Å². The summed E-state index contributed by atoms with van der Waals surface area (Å²) in [5.74, 6) is 0.609. The van der Waals surface area contributed by atoms with Gasteiger partial charge in [0.2, 0.25) is 0 Å². The Balaban J connectivity index is 2.42. The maximum Gasteiger partial charge on any atom is 0.0466 e. The summed E-state index contributed by atoms with van der Waals surface area (Å²) < 4.78 is 5.43. The van der Waals surface area contributed by atoms with Crippen LogP contribution in [0.15, 0.2) is 30.3 Å². The summed E-state index contributed by atoms with van der Waals surface area (Å²) in [6.07, 6.45) is 3.53. The highest BCUT2D eigenvalue weighted by Gasteiger charge is 2.10. The van der Waals surface area contributed by atoms with E-state index in [0.717, 1.165) is 32.7 Å². The van der Waals surface area contributed by atoms with E-state index in [1.807, 2.05) is 0 Å². The molecule has 1 N–H and O–H groups in total. The summed E-state index contributed by atoms with van der Waals surface area (Å²) >= 11 is 0. The molecular formula is C16H27NO. The molecule has 1 unspecified atom stereocenters. The molecule has 0 radical (unpaired) electrons. The first-order chi connectivity index (χ1) is 8.88. The number of nitrogens with one attached hydrogen (secondary N) is 1. The molecule has 0 heterocycles. The van der Waals surface area contributed by atoms with Gasteiger partial charge in [0.1, 0.15) is 0 Å². The molecular weight excluding hydrogens is 222 g/mol. The molecule has 0 amide bonds. The first-order valence-corrected chi connectivity index (χ1v) is 7.21. The lowest BCUT2D eigenvalue weighted by Crippen LogP contribution is -2.22. The maximum atomic E-state index is 5.43. The molecule has 0 bridgehead atoms. The summed E-state index contributed by atoms with van der Waals surface area (Å²) in [5, 5.41) is 3.53. The van der Waals surface area contributed by atoms with Gasteiger partial charge < -0.3 is 10.1 Å². The lowest BCUT2D eigenvalue weighted by atomic mass is 9.94. The standard InChI is InChI=1S/C16H27NO/c1-3-12-17-14-16(11-8-13-18-4-2)15-9-6-5-7-10-15/h5-7,9-10,16-17H,3-4,8,11-14H2,1-2H3. The zero-order valence-corrected chi connectivity index (χ0v) is 11.8. The van der Waals surface area contributed by atoms with E-state index >= 15 is 0 Å². The predicted molar refractivity (Wildman–Crippen MR) is 78.1 cm³/mol. The molecule has 2 nitrogen and oxygen atoms in total. The third-order valence-electron chi connectivity index (χ3n) is 3.13. The van der Waals surface area contributed by atoms with Crippen LogP contribution in [0.2, 0.25) is 0 Å². The molecule has 1 aromatic carbocycles. The summed E-state index contributed by atoms with van der Waals surface area (Å²) in [6, 6.07) is 10.8. The zero-order chi connectivity index (χ0) is 13.1. The van der Waals surface area contributed by atoms with Crippen molar-refractivity contribution < 1.29 is 4.74 Å². The minimum atomic E-state index is 0.609. The van der Waals surface area contributed by atoms with Crippen LogP contribution < -0.4 is 5.32 Å². The number of hydrogen-bond acceptors (Lipinski definition) is 2. The van der Waals surface area contributed by atoms with Crippen LogP contribution in [0.5, 0.6) is 0 Å². The van der Waals surface area contributed by atoms with Gasteiger partial charge in [0.25, 0.3) is 0 Å². The van der Waals surface area contributed by atoms with Crippen molar-refractivity contribution in [3.05, 3.63) is 35.9 Å². The predicted octanol–water partition coefficient (Wildman–Crippen LogP) is 3.59. The van der Waals surface area contributed by atoms with Crippen LogP contribution in [0.1, 0.15) is 44.6 Å². The molecule has 0 saturated heterocycles. The molecule has 0 aliphatic rings. The number of benzene rings is 1. The van der Waals surface area contributed by atoms with Gasteiger partial charge in [0.05, 0.1) is 0 Å². The summed E-state index contributed by atoms with van der Waals surface area (Å²) in [7, 11) is 0. The second kappa shape index (κ2) is 10.1. The van der Waals surface area contributed by atoms with E-state index in [-0.39, 0.29) is 0 Å². The molecule has 0 saturated carbocycles. The van der Waals surface area contributed by atoms with Crippen molar-refractivity contribution in [2.45, 2.75) is 39.0 Å². The zero-order valence-electron chi connectivity index (χ0n) is 11.8. The van der Waals surface area contributed by atoms with Gasteiger partial charge in [-0.25, -0.2) is 0 Å². The number of rotatable bonds is 10. The Bertz CT molecular complexity index is 286. The smallest absolute Gasteiger partial charge is 0.0466 e. The van der Waals surface area contributed by atoms with Crippen molar-refractivity contribution in [2.75, 3.05) is 26.3 Å². The van der Waals surface area contributed by atoms with E-state index in [9.17, 15) is 0 Å². The van der Waals surface area contributed by atoms with Crippen LogP contribution in [0.25, 0.3) is 0 Å². The van der Waals surface area contributed by atoms with Gasteiger partial charge in [-0.15, -0.1) is 0 Å². The van der Waals surface area contributed by atoms with Crippen molar-refractivity contribution in [1.82, 2.24) is 5.32 Å². The summed E-state index contributed by atoms with van der Waals surface area (Å²) in [6.45, 7) is 8.15. The fourth-order valence-electron chi connectivity index (χ4n) is 2.14. The summed E-state index contributed by atoms with van der Waals surface area (Å²) in [5.41, 5.74) is 1.44. The topological polar surface area (TPSA) is 21.3 Å². The second-order valence-corrected chi connectivity index (χ2v) is 4.65. The minimum Gasteiger partial charge on any atom is -0.382 e. The van der Waals surface area contributed by atoms with Gasteiger partial charge in [-0.1, -0.05) is 37.3 Å². The first-order valence-electron chi connectivity index (χ1n) is 7.21. The molecule has 1 rings (SSSR count). The van der Waals surface area contributed by atoms with Gasteiger partial charge in [-0.3, -0.25) is 0 Å². The Morgan fingerprint density at radius 3 is 2.61 bits per heavy atom. The van der Waals surface area contributed by atoms with E-state index in [2.05, 4.69) is 49.5 Å². The highest BCUT2D eigenvalue weighted by Crippen LogP contribution is 2.20. The Labute approximate surface area is 112 Å². The van der Waals surface area contributed by atoms with E-state index in [0.29, 0.717) is 5.92 Å². The molecule has 1 atom stereocenters. The van der Waals surface area contributed by atoms with Crippen molar-refractivity contribution in [2.24, 2.45) is 0 Å². The molecule has 0 fully saturated rings. The lowest BCUT2D eigenvalue weighted by Gasteiger charge is -2.18. The SMILES string of the molecule is CCCNCC(CCCOCC)c1ccccc1. The fraction of sp³-hybridized carbons (Fsp3) is 0.625. The van der Waals surface area contributed by atoms with Crippen LogP contribution in [-0.4, -0.2) is 26.3 Å². The van der Waals surface area contributed by atoms with Crippen molar-refractivity contribution in [3.8, 4) is 0 Å². The third kappa shape index (κ3) is 6.18. The van der Waals surface area contributed by atoms with Gasteiger partial charge >= 0.3 is 0 Å². The Hall–Kier alpha value is -0.860. The maximum absolute atomic E-state index is 5.43. The van der Waals surface area contributed by atoms with Gasteiger partial charge in [0.15, 0.2) is 0 Å². The average Bonchev–Trinajstić information content (AvgIpc) is 2.42. The van der Waals surface area contributed by atoms with E-state index in [1.165, 1.54) is 18.4 Å². The monoisotopic (exact) mass is 249 g/mol. The normalized spacial score (nSPS) is 12.6. The average molecular weight is 249 g/mol. The highest BCUT2D eigenvalue weighted by atomic mass is 16.5. The molecule has 0 aliphatic carbocycles. The molecule has 1 aromatic rings. The molecule has 18 heavy (non-hydrogen) atoms. The molecule has 2 heteroatoms. The molecule has 0 spiro atoms. The van der Waals surface area contributed by atoms with Gasteiger partial charge in [-0.2, -0.15) is 0 Å². The Morgan fingerprint density at radius 2 is 1.94 bits per heavy atom. The fourth-order valence-corrected chi connectivity index (χ4v) is 2.14. The van der Waals surface area contributed by atoms with Crippen molar-refractivity contribution in [1.29, 1.82) is 0 Å².